The average molecular weight is 302 g/mol. The first-order chi connectivity index (χ1) is 10.2. The predicted molar refractivity (Wildman–Crippen MR) is 87.5 cm³/mol. The Balaban J connectivity index is 1.91. The normalized spacial score (nSPS) is 15.0. The third-order valence-corrected chi connectivity index (χ3v) is 4.36. The van der Waals surface area contributed by atoms with Gasteiger partial charge in [-0.05, 0) is 53.4 Å². The number of halogens is 1. The minimum absolute atomic E-state index is 0.268. The second-order valence-corrected chi connectivity index (χ2v) is 5.90. The summed E-state index contributed by atoms with van der Waals surface area (Å²) in [5.41, 5.74) is 6.08. The van der Waals surface area contributed by atoms with Crippen molar-refractivity contribution in [2.45, 2.75) is 33.1 Å². The fraction of sp³-hybridized carbons (Fsp3) is 0.333. The molecule has 1 N–H and O–H groups in total. The van der Waals surface area contributed by atoms with Crippen LogP contribution in [0.2, 0.25) is 5.02 Å². The number of nitrogens with one attached hydrogen (secondary N) is 1. The maximum atomic E-state index is 6.46. The summed E-state index contributed by atoms with van der Waals surface area (Å²) in [6.45, 7) is 6.62. The molecular formula is C18H20ClNO. The van der Waals surface area contributed by atoms with Gasteiger partial charge in [0.2, 0.25) is 0 Å². The molecule has 0 fully saturated rings. The van der Waals surface area contributed by atoms with Gasteiger partial charge >= 0.3 is 0 Å². The molecule has 21 heavy (non-hydrogen) atoms. The van der Waals surface area contributed by atoms with Gasteiger partial charge in [-0.3, -0.25) is 0 Å². The van der Waals surface area contributed by atoms with Gasteiger partial charge in [0.1, 0.15) is 0 Å². The van der Waals surface area contributed by atoms with Crippen molar-refractivity contribution >= 4 is 11.6 Å². The highest BCUT2D eigenvalue weighted by Crippen LogP contribution is 2.31. The number of benzene rings is 2. The van der Waals surface area contributed by atoms with Crippen molar-refractivity contribution in [3.05, 3.63) is 58.1 Å². The van der Waals surface area contributed by atoms with Gasteiger partial charge in [-0.25, -0.2) is 0 Å². The predicted octanol–water partition coefficient (Wildman–Crippen LogP) is 4.71. The van der Waals surface area contributed by atoms with E-state index >= 15 is 0 Å². The van der Waals surface area contributed by atoms with E-state index in [1.807, 2.05) is 0 Å². The molecule has 1 unspecified atom stereocenters. The summed E-state index contributed by atoms with van der Waals surface area (Å²) in [4.78, 5) is 0. The fourth-order valence-corrected chi connectivity index (χ4v) is 3.17. The Morgan fingerprint density at radius 2 is 1.81 bits per heavy atom. The Kier molecular flexibility index (Phi) is 4.29. The van der Waals surface area contributed by atoms with Crippen LogP contribution in [0.4, 0.5) is 0 Å². The van der Waals surface area contributed by atoms with E-state index in [1.54, 1.807) is 0 Å². The van der Waals surface area contributed by atoms with E-state index in [4.69, 9.17) is 16.3 Å². The smallest absolute Gasteiger partial charge is 0.0725 e. The summed E-state index contributed by atoms with van der Waals surface area (Å²) in [6, 6.07) is 13.1. The Bertz CT molecular complexity index is 654. The topological polar surface area (TPSA) is 21.3 Å². The fourth-order valence-electron chi connectivity index (χ4n) is 2.83. The van der Waals surface area contributed by atoms with Crippen LogP contribution in [0.5, 0.6) is 0 Å². The minimum atomic E-state index is 0.268. The zero-order chi connectivity index (χ0) is 14.8. The first kappa shape index (κ1) is 14.6. The summed E-state index contributed by atoms with van der Waals surface area (Å²) in [6.07, 6.45) is 0. The largest absolute Gasteiger partial charge is 0.372 e. The van der Waals surface area contributed by atoms with Gasteiger partial charge in [0.25, 0.3) is 0 Å². The summed E-state index contributed by atoms with van der Waals surface area (Å²) >= 11 is 6.46. The first-order valence-corrected chi connectivity index (χ1v) is 7.79. The van der Waals surface area contributed by atoms with Crippen LogP contribution in [0.3, 0.4) is 0 Å². The molecule has 0 bridgehead atoms. The van der Waals surface area contributed by atoms with E-state index in [0.29, 0.717) is 6.61 Å². The highest BCUT2D eigenvalue weighted by atomic mass is 35.5. The van der Waals surface area contributed by atoms with Crippen molar-refractivity contribution in [1.29, 1.82) is 0 Å². The Hall–Kier alpha value is -1.35. The zero-order valence-corrected chi connectivity index (χ0v) is 13.2. The Morgan fingerprint density at radius 1 is 1.10 bits per heavy atom. The van der Waals surface area contributed by atoms with Gasteiger partial charge in [-0.2, -0.15) is 0 Å². The van der Waals surface area contributed by atoms with Crippen molar-refractivity contribution in [3.8, 4) is 11.1 Å². The highest BCUT2D eigenvalue weighted by Gasteiger charge is 2.13. The van der Waals surface area contributed by atoms with Gasteiger partial charge in [-0.15, -0.1) is 0 Å². The number of ether oxygens (including phenoxy) is 1. The van der Waals surface area contributed by atoms with E-state index in [2.05, 4.69) is 55.6 Å². The number of rotatable bonds is 4. The van der Waals surface area contributed by atoms with Gasteiger partial charge in [0.15, 0.2) is 0 Å². The van der Waals surface area contributed by atoms with Crippen LogP contribution < -0.4 is 5.32 Å². The molecule has 0 saturated heterocycles. The standard InChI is InChI=1S/C18H20ClNO/c1-3-20-12(2)17-7-6-14(9-18(17)19)13-4-5-15-10-21-11-16(15)8-13/h4-9,12,20H,3,10-11H2,1-2H3. The second-order valence-electron chi connectivity index (χ2n) is 5.49. The molecule has 2 aromatic rings. The van der Waals surface area contributed by atoms with Crippen molar-refractivity contribution in [3.63, 3.8) is 0 Å². The molecule has 2 aromatic carbocycles. The summed E-state index contributed by atoms with van der Waals surface area (Å²) < 4.78 is 5.47. The van der Waals surface area contributed by atoms with E-state index in [1.165, 1.54) is 16.7 Å². The summed E-state index contributed by atoms with van der Waals surface area (Å²) in [5, 5.41) is 4.21. The third kappa shape index (κ3) is 2.98. The first-order valence-electron chi connectivity index (χ1n) is 7.41. The molecule has 0 aliphatic carbocycles. The summed E-state index contributed by atoms with van der Waals surface area (Å²) in [7, 11) is 0. The lowest BCUT2D eigenvalue weighted by molar-refractivity contribution is 0.134. The molecule has 1 atom stereocenters. The van der Waals surface area contributed by atoms with E-state index in [9.17, 15) is 0 Å². The summed E-state index contributed by atoms with van der Waals surface area (Å²) in [5.74, 6) is 0. The van der Waals surface area contributed by atoms with Gasteiger partial charge in [-0.1, -0.05) is 42.8 Å². The van der Waals surface area contributed by atoms with Crippen LogP contribution in [0.25, 0.3) is 11.1 Å². The quantitative estimate of drug-likeness (QED) is 0.883. The molecule has 0 radical (unpaired) electrons. The average Bonchev–Trinajstić information content (AvgIpc) is 2.94. The lowest BCUT2D eigenvalue weighted by atomic mass is 9.98. The molecular weight excluding hydrogens is 282 g/mol. The van der Waals surface area contributed by atoms with Crippen LogP contribution in [-0.4, -0.2) is 6.54 Å². The van der Waals surface area contributed by atoms with Crippen molar-refractivity contribution in [2.24, 2.45) is 0 Å². The lowest BCUT2D eigenvalue weighted by Crippen LogP contribution is -2.17. The maximum absolute atomic E-state index is 6.46. The SMILES string of the molecule is CCNC(C)c1ccc(-c2ccc3c(c2)COC3)cc1Cl. The number of fused-ring (bicyclic) bond motifs is 1. The van der Waals surface area contributed by atoms with Gasteiger partial charge in [0, 0.05) is 11.1 Å². The number of hydrogen-bond donors (Lipinski definition) is 1. The van der Waals surface area contributed by atoms with Crippen molar-refractivity contribution < 1.29 is 4.74 Å². The molecule has 110 valence electrons. The van der Waals surface area contributed by atoms with Crippen LogP contribution in [-0.2, 0) is 18.0 Å². The molecule has 0 aromatic heterocycles. The Labute approximate surface area is 131 Å². The number of hydrogen-bond acceptors (Lipinski definition) is 2. The van der Waals surface area contributed by atoms with E-state index in [-0.39, 0.29) is 6.04 Å². The highest BCUT2D eigenvalue weighted by molar-refractivity contribution is 6.31. The van der Waals surface area contributed by atoms with Crippen LogP contribution in [0.15, 0.2) is 36.4 Å². The molecule has 1 aliphatic heterocycles. The molecule has 1 heterocycles. The lowest BCUT2D eigenvalue weighted by Gasteiger charge is -2.15. The van der Waals surface area contributed by atoms with E-state index < -0.39 is 0 Å². The molecule has 0 saturated carbocycles. The molecule has 0 amide bonds. The molecule has 1 aliphatic rings. The van der Waals surface area contributed by atoms with Gasteiger partial charge < -0.3 is 10.1 Å². The second kappa shape index (κ2) is 6.18. The van der Waals surface area contributed by atoms with Crippen LogP contribution >= 0.6 is 11.6 Å². The Morgan fingerprint density at radius 3 is 2.57 bits per heavy atom. The molecule has 2 nitrogen and oxygen atoms in total. The maximum Gasteiger partial charge on any atom is 0.0725 e. The zero-order valence-electron chi connectivity index (χ0n) is 12.4. The monoisotopic (exact) mass is 301 g/mol. The molecule has 0 spiro atoms. The van der Waals surface area contributed by atoms with Crippen molar-refractivity contribution in [2.75, 3.05) is 6.54 Å². The van der Waals surface area contributed by atoms with E-state index in [0.717, 1.165) is 29.3 Å². The minimum Gasteiger partial charge on any atom is -0.372 e. The van der Waals surface area contributed by atoms with Crippen LogP contribution in [0.1, 0.15) is 36.6 Å². The molecule has 3 rings (SSSR count). The third-order valence-electron chi connectivity index (χ3n) is 4.03. The van der Waals surface area contributed by atoms with Crippen LogP contribution in [0, 0.1) is 0 Å². The van der Waals surface area contributed by atoms with Crippen molar-refractivity contribution in [1.82, 2.24) is 5.32 Å². The molecule has 3 heteroatoms. The van der Waals surface area contributed by atoms with Gasteiger partial charge in [0.05, 0.1) is 13.2 Å².